The van der Waals surface area contributed by atoms with Crippen molar-refractivity contribution in [1.29, 1.82) is 0 Å². The predicted molar refractivity (Wildman–Crippen MR) is 118 cm³/mol. The van der Waals surface area contributed by atoms with Crippen LogP contribution in [0.25, 0.3) is 21.9 Å². The third kappa shape index (κ3) is 3.78. The summed E-state index contributed by atoms with van der Waals surface area (Å²) in [7, 11) is 1.61. The van der Waals surface area contributed by atoms with Crippen LogP contribution in [-0.4, -0.2) is 33.8 Å². The van der Waals surface area contributed by atoms with Gasteiger partial charge in [-0.25, -0.2) is 14.6 Å². The average Bonchev–Trinajstić information content (AvgIpc) is 3.27. The van der Waals surface area contributed by atoms with E-state index in [1.54, 1.807) is 17.8 Å². The summed E-state index contributed by atoms with van der Waals surface area (Å²) in [6.07, 6.45) is 3.49. The van der Waals surface area contributed by atoms with E-state index in [0.717, 1.165) is 24.0 Å². The van der Waals surface area contributed by atoms with Gasteiger partial charge in [-0.1, -0.05) is 32.4 Å². The van der Waals surface area contributed by atoms with Gasteiger partial charge < -0.3 is 9.47 Å². The van der Waals surface area contributed by atoms with Crippen LogP contribution in [0, 0.1) is 31.2 Å². The zero-order valence-electron chi connectivity index (χ0n) is 18.6. The summed E-state index contributed by atoms with van der Waals surface area (Å²) < 4.78 is 13.0. The Morgan fingerprint density at radius 1 is 1.26 bits per heavy atom. The second kappa shape index (κ2) is 8.10. The molecule has 1 aliphatic rings. The molecule has 4 rings (SSSR count). The van der Waals surface area contributed by atoms with E-state index in [-0.39, 0.29) is 29.2 Å². The van der Waals surface area contributed by atoms with Gasteiger partial charge in [-0.05, 0) is 49.7 Å². The molecular weight excluding hydrogens is 392 g/mol. The molecule has 0 aliphatic heterocycles. The van der Waals surface area contributed by atoms with E-state index in [1.165, 1.54) is 0 Å². The number of ether oxygens (including phenoxy) is 2. The zero-order chi connectivity index (χ0) is 22.3. The fraction of sp³-hybridized carbons (Fsp3) is 0.458. The van der Waals surface area contributed by atoms with Gasteiger partial charge in [-0.2, -0.15) is 0 Å². The maximum Gasteiger partial charge on any atom is 0.331 e. The number of benzene rings is 1. The second-order valence-electron chi connectivity index (χ2n) is 8.87. The van der Waals surface area contributed by atoms with Crippen molar-refractivity contribution >= 4 is 17.3 Å². The number of methoxy groups -OCH3 is 1. The van der Waals surface area contributed by atoms with Crippen LogP contribution in [0.3, 0.4) is 0 Å². The highest BCUT2D eigenvalue weighted by Gasteiger charge is 2.35. The van der Waals surface area contributed by atoms with Crippen molar-refractivity contribution in [2.45, 2.75) is 46.6 Å². The van der Waals surface area contributed by atoms with Crippen molar-refractivity contribution in [3.05, 3.63) is 46.9 Å². The summed E-state index contributed by atoms with van der Waals surface area (Å²) in [6.45, 7) is 16.0. The Kier molecular flexibility index (Phi) is 5.48. The van der Waals surface area contributed by atoms with Crippen LogP contribution < -0.4 is 4.74 Å². The molecular formula is C24H28N4O3. The van der Waals surface area contributed by atoms with Gasteiger partial charge >= 0.3 is 5.97 Å². The number of nitrogens with one attached hydrogen (secondary N) is 1. The highest BCUT2D eigenvalue weighted by molar-refractivity contribution is 6.03. The summed E-state index contributed by atoms with van der Waals surface area (Å²) in [4.78, 5) is 21.4. The summed E-state index contributed by atoms with van der Waals surface area (Å²) in [5.74, 6) is 1.94. The monoisotopic (exact) mass is 420 g/mol. The number of rotatable bonds is 4. The first-order valence-corrected chi connectivity index (χ1v) is 10.7. The standard InChI is InChI=1S/C24H28N4O3/c1-13-7-8-19(30-6)17(11-13)22-26-23-20(18(25-5)12-28(23)27-22)24(29)31-21-15(3)9-14(2)10-16(21)4/h7-8,11-12,14-16,21H,9-10H2,1-4,6H3,(H,26,27). The predicted octanol–water partition coefficient (Wildman–Crippen LogP) is 5.42. The highest BCUT2D eigenvalue weighted by atomic mass is 16.5. The maximum absolute atomic E-state index is 13.2. The van der Waals surface area contributed by atoms with Gasteiger partial charge in [-0.3, -0.25) is 9.61 Å². The number of H-pyrrole nitrogens is 1. The molecule has 31 heavy (non-hydrogen) atoms. The summed E-state index contributed by atoms with van der Waals surface area (Å²) in [5, 5.41) is 3.17. The molecule has 2 aromatic heterocycles. The quantitative estimate of drug-likeness (QED) is 0.451. The molecule has 162 valence electrons. The second-order valence-corrected chi connectivity index (χ2v) is 8.87. The number of carbonyl (C=O) groups is 1. The smallest absolute Gasteiger partial charge is 0.331 e. The third-order valence-corrected chi connectivity index (χ3v) is 6.25. The Labute approximate surface area is 182 Å². The van der Waals surface area contributed by atoms with Gasteiger partial charge in [0.15, 0.2) is 11.5 Å². The minimum absolute atomic E-state index is 0.160. The van der Waals surface area contributed by atoms with Crippen molar-refractivity contribution in [1.82, 2.24) is 14.6 Å². The van der Waals surface area contributed by atoms with Gasteiger partial charge in [0, 0.05) is 6.20 Å². The molecule has 7 nitrogen and oxygen atoms in total. The van der Waals surface area contributed by atoms with Crippen molar-refractivity contribution < 1.29 is 14.3 Å². The first kappa shape index (κ1) is 21.0. The van der Waals surface area contributed by atoms with Gasteiger partial charge in [-0.15, -0.1) is 0 Å². The fourth-order valence-electron chi connectivity index (χ4n) is 4.94. The van der Waals surface area contributed by atoms with Crippen LogP contribution in [0.2, 0.25) is 0 Å². The maximum atomic E-state index is 13.2. The molecule has 1 fully saturated rings. The van der Waals surface area contributed by atoms with E-state index < -0.39 is 5.97 Å². The normalized spacial score (nSPS) is 23.5. The van der Waals surface area contributed by atoms with Crippen molar-refractivity contribution in [2.75, 3.05) is 7.11 Å². The minimum atomic E-state index is -0.485. The fourth-order valence-corrected chi connectivity index (χ4v) is 4.94. The Morgan fingerprint density at radius 2 is 1.97 bits per heavy atom. The zero-order valence-corrected chi connectivity index (χ0v) is 18.6. The Morgan fingerprint density at radius 3 is 2.61 bits per heavy atom. The van der Waals surface area contributed by atoms with Gasteiger partial charge in [0.25, 0.3) is 0 Å². The van der Waals surface area contributed by atoms with Crippen LogP contribution in [-0.2, 0) is 4.74 Å². The largest absolute Gasteiger partial charge is 0.496 e. The molecule has 0 saturated heterocycles. The molecule has 2 atom stereocenters. The SMILES string of the molecule is [C-]#[N+]c1cn2[nH]c(-c3cc(C)ccc3OC)nc2c1C(=O)OC1C(C)CC(C)CC1C. The topological polar surface area (TPSA) is 73.0 Å². The number of aryl methyl sites for hydroxylation is 1. The first-order chi connectivity index (χ1) is 14.8. The van der Waals surface area contributed by atoms with Crippen molar-refractivity contribution in [2.24, 2.45) is 17.8 Å². The van der Waals surface area contributed by atoms with Crippen LogP contribution in [0.5, 0.6) is 5.75 Å². The molecule has 2 unspecified atom stereocenters. The van der Waals surface area contributed by atoms with Gasteiger partial charge in [0.2, 0.25) is 5.69 Å². The third-order valence-electron chi connectivity index (χ3n) is 6.25. The van der Waals surface area contributed by atoms with E-state index in [4.69, 9.17) is 16.0 Å². The summed E-state index contributed by atoms with van der Waals surface area (Å²) >= 11 is 0. The molecule has 1 aromatic carbocycles. The van der Waals surface area contributed by atoms with Gasteiger partial charge in [0.05, 0.1) is 19.2 Å². The van der Waals surface area contributed by atoms with E-state index >= 15 is 0 Å². The Bertz CT molecular complexity index is 1160. The van der Waals surface area contributed by atoms with Crippen molar-refractivity contribution in [3.8, 4) is 17.1 Å². The summed E-state index contributed by atoms with van der Waals surface area (Å²) in [5.41, 5.74) is 2.68. The minimum Gasteiger partial charge on any atom is -0.496 e. The number of carbonyl (C=O) groups excluding carboxylic acids is 1. The Hall–Kier alpha value is -3.27. The molecule has 0 spiro atoms. The van der Waals surface area contributed by atoms with Crippen LogP contribution in [0.1, 0.15) is 49.5 Å². The number of hydrogen-bond acceptors (Lipinski definition) is 4. The lowest BCUT2D eigenvalue weighted by Gasteiger charge is -2.37. The van der Waals surface area contributed by atoms with Crippen LogP contribution >= 0.6 is 0 Å². The number of nitrogens with zero attached hydrogens (tertiary/aromatic N) is 3. The van der Waals surface area contributed by atoms with Crippen molar-refractivity contribution in [3.63, 3.8) is 0 Å². The Balaban J connectivity index is 1.72. The van der Waals surface area contributed by atoms with E-state index in [2.05, 4.69) is 35.7 Å². The van der Waals surface area contributed by atoms with E-state index in [9.17, 15) is 4.79 Å². The van der Waals surface area contributed by atoms with Crippen LogP contribution in [0.4, 0.5) is 5.69 Å². The highest BCUT2D eigenvalue weighted by Crippen LogP contribution is 2.37. The number of esters is 1. The molecule has 1 N–H and O–H groups in total. The summed E-state index contributed by atoms with van der Waals surface area (Å²) in [6, 6.07) is 5.82. The van der Waals surface area contributed by atoms with E-state index in [1.807, 2.05) is 25.1 Å². The first-order valence-electron chi connectivity index (χ1n) is 10.7. The molecule has 0 amide bonds. The number of aromatic amines is 1. The van der Waals surface area contributed by atoms with Crippen LogP contribution in [0.15, 0.2) is 24.4 Å². The molecule has 7 heteroatoms. The lowest BCUT2D eigenvalue weighted by atomic mass is 9.75. The molecule has 3 aromatic rings. The molecule has 2 heterocycles. The number of aromatic nitrogens is 3. The molecule has 1 aliphatic carbocycles. The van der Waals surface area contributed by atoms with E-state index in [0.29, 0.717) is 23.1 Å². The lowest BCUT2D eigenvalue weighted by Crippen LogP contribution is -2.37. The average molecular weight is 421 g/mol. The molecule has 1 saturated carbocycles. The van der Waals surface area contributed by atoms with Gasteiger partial charge in [0.1, 0.15) is 17.4 Å². The lowest BCUT2D eigenvalue weighted by molar-refractivity contribution is -0.0249. The molecule has 0 radical (unpaired) electrons. The molecule has 0 bridgehead atoms. The number of hydrogen-bond donors (Lipinski definition) is 1. The number of fused-ring (bicyclic) bond motifs is 1.